The molecule has 2 rings (SSSR count). The Hall–Kier alpha value is -0.440. The number of carbonyl (C=O) groups is 1. The van der Waals surface area contributed by atoms with E-state index in [9.17, 15) is 4.79 Å². The van der Waals surface area contributed by atoms with Crippen LogP contribution in [0.4, 0.5) is 0 Å². The normalized spacial score (nSPS) is 22.8. The van der Waals surface area contributed by atoms with Crippen molar-refractivity contribution < 1.29 is 4.79 Å². The lowest BCUT2D eigenvalue weighted by Gasteiger charge is -2.05. The first-order chi connectivity index (χ1) is 9.73. The van der Waals surface area contributed by atoms with Gasteiger partial charge in [-0.2, -0.15) is 0 Å². The van der Waals surface area contributed by atoms with Crippen LogP contribution in [0.25, 0.3) is 0 Å². The Morgan fingerprint density at radius 3 is 2.57 bits per heavy atom. The highest BCUT2D eigenvalue weighted by Gasteiger charge is 2.60. The van der Waals surface area contributed by atoms with Crippen LogP contribution in [-0.4, -0.2) is 5.12 Å². The number of allylic oxidation sites excluding steroid dienone is 2. The van der Waals surface area contributed by atoms with E-state index in [4.69, 9.17) is 23.2 Å². The summed E-state index contributed by atoms with van der Waals surface area (Å²) in [7, 11) is 0. The third-order valence-corrected chi connectivity index (χ3v) is 5.64. The molecule has 0 saturated heterocycles. The Bertz CT molecular complexity index is 588. The molecular weight excluding hydrogens is 323 g/mol. The average Bonchev–Trinajstić information content (AvgIpc) is 2.88. The van der Waals surface area contributed by atoms with Gasteiger partial charge in [-0.1, -0.05) is 66.5 Å². The van der Waals surface area contributed by atoms with Crippen LogP contribution in [0.5, 0.6) is 0 Å². The molecule has 2 atom stereocenters. The second kappa shape index (κ2) is 6.36. The number of halogens is 2. The summed E-state index contributed by atoms with van der Waals surface area (Å²) in [4.78, 5) is 12.4. The van der Waals surface area contributed by atoms with Crippen LogP contribution < -0.4 is 0 Å². The summed E-state index contributed by atoms with van der Waals surface area (Å²) in [5.41, 5.74) is 2.30. The van der Waals surface area contributed by atoms with Crippen molar-refractivity contribution in [2.45, 2.75) is 33.4 Å². The second-order valence-electron chi connectivity index (χ2n) is 6.41. The fourth-order valence-corrected chi connectivity index (χ4v) is 4.41. The van der Waals surface area contributed by atoms with E-state index < -0.39 is 0 Å². The molecule has 0 bridgehead atoms. The zero-order chi connectivity index (χ0) is 15.8. The molecule has 0 radical (unpaired) electrons. The SMILES string of the molecule is CC(C)=C[C@@H]1[C@H](C(=O)SCc2ccc(Cl)cc2Cl)C1(C)C. The van der Waals surface area contributed by atoms with Gasteiger partial charge >= 0.3 is 0 Å². The molecule has 0 N–H and O–H groups in total. The molecule has 0 spiro atoms. The van der Waals surface area contributed by atoms with E-state index >= 15 is 0 Å². The fourth-order valence-electron chi connectivity index (χ4n) is 2.68. The highest BCUT2D eigenvalue weighted by atomic mass is 35.5. The highest BCUT2D eigenvalue weighted by Crippen LogP contribution is 2.61. The minimum absolute atomic E-state index is 0.0745. The van der Waals surface area contributed by atoms with Gasteiger partial charge in [0.25, 0.3) is 0 Å². The lowest BCUT2D eigenvalue weighted by molar-refractivity contribution is -0.112. The van der Waals surface area contributed by atoms with Crippen LogP contribution in [0.1, 0.15) is 33.3 Å². The molecule has 0 unspecified atom stereocenters. The molecule has 1 aromatic carbocycles. The maximum absolute atomic E-state index is 12.4. The summed E-state index contributed by atoms with van der Waals surface area (Å²) >= 11 is 13.4. The average molecular weight is 343 g/mol. The Morgan fingerprint density at radius 1 is 1.33 bits per heavy atom. The first-order valence-corrected chi connectivity index (χ1v) is 8.73. The van der Waals surface area contributed by atoms with Crippen molar-refractivity contribution in [3.05, 3.63) is 45.5 Å². The van der Waals surface area contributed by atoms with Crippen molar-refractivity contribution in [3.63, 3.8) is 0 Å². The summed E-state index contributed by atoms with van der Waals surface area (Å²) in [5.74, 6) is 1.08. The molecule has 1 saturated carbocycles. The van der Waals surface area contributed by atoms with Crippen LogP contribution in [0.3, 0.4) is 0 Å². The molecule has 114 valence electrons. The van der Waals surface area contributed by atoms with Gasteiger partial charge < -0.3 is 0 Å². The molecule has 1 nitrogen and oxygen atoms in total. The zero-order valence-electron chi connectivity index (χ0n) is 12.7. The van der Waals surface area contributed by atoms with Crippen LogP contribution >= 0.6 is 35.0 Å². The summed E-state index contributed by atoms with van der Waals surface area (Å²) in [5, 5.41) is 1.50. The molecule has 0 amide bonds. The predicted molar refractivity (Wildman–Crippen MR) is 93.0 cm³/mol. The maximum Gasteiger partial charge on any atom is 0.193 e. The van der Waals surface area contributed by atoms with Crippen LogP contribution in [0.2, 0.25) is 10.0 Å². The Labute approximate surface area is 141 Å². The van der Waals surface area contributed by atoms with Crippen molar-refractivity contribution in [1.29, 1.82) is 0 Å². The molecular formula is C17H20Cl2OS. The molecule has 0 aromatic heterocycles. The monoisotopic (exact) mass is 342 g/mol. The smallest absolute Gasteiger partial charge is 0.193 e. The van der Waals surface area contributed by atoms with E-state index in [1.807, 2.05) is 6.07 Å². The fraction of sp³-hybridized carbons (Fsp3) is 0.471. The first-order valence-electron chi connectivity index (χ1n) is 6.99. The van der Waals surface area contributed by atoms with Crippen molar-refractivity contribution in [1.82, 2.24) is 0 Å². The number of thioether (sulfide) groups is 1. The topological polar surface area (TPSA) is 17.1 Å². The standard InChI is InChI=1S/C17H20Cl2OS/c1-10(2)7-13-15(17(13,3)4)16(20)21-9-11-5-6-12(18)8-14(11)19/h5-8,13,15H,9H2,1-4H3/t13-,15-/m1/s1. The number of hydrogen-bond acceptors (Lipinski definition) is 2. The molecule has 1 aromatic rings. The van der Waals surface area contributed by atoms with Gasteiger partial charge in [-0.25, -0.2) is 0 Å². The minimum atomic E-state index is 0.0745. The van der Waals surface area contributed by atoms with Gasteiger partial charge in [0.05, 0.1) is 0 Å². The van der Waals surface area contributed by atoms with Gasteiger partial charge in [0, 0.05) is 21.7 Å². The summed E-state index contributed by atoms with van der Waals surface area (Å²) in [6.45, 7) is 8.48. The van der Waals surface area contributed by atoms with Crippen LogP contribution in [0, 0.1) is 17.3 Å². The van der Waals surface area contributed by atoms with Gasteiger partial charge in [0.2, 0.25) is 0 Å². The molecule has 21 heavy (non-hydrogen) atoms. The quantitative estimate of drug-likeness (QED) is 0.625. The number of benzene rings is 1. The summed E-state index contributed by atoms with van der Waals surface area (Å²) < 4.78 is 0. The second-order valence-corrected chi connectivity index (χ2v) is 8.24. The van der Waals surface area contributed by atoms with E-state index in [-0.39, 0.29) is 16.4 Å². The Morgan fingerprint density at radius 2 is 2.00 bits per heavy atom. The minimum Gasteiger partial charge on any atom is -0.287 e. The third kappa shape index (κ3) is 3.85. The van der Waals surface area contributed by atoms with Crippen LogP contribution in [-0.2, 0) is 10.5 Å². The zero-order valence-corrected chi connectivity index (χ0v) is 15.1. The first kappa shape index (κ1) is 16.9. The van der Waals surface area contributed by atoms with Crippen LogP contribution in [0.15, 0.2) is 29.8 Å². The molecule has 1 fully saturated rings. The highest BCUT2D eigenvalue weighted by molar-refractivity contribution is 8.13. The van der Waals surface area contributed by atoms with Crippen molar-refractivity contribution in [3.8, 4) is 0 Å². The maximum atomic E-state index is 12.4. The number of hydrogen-bond donors (Lipinski definition) is 0. The van der Waals surface area contributed by atoms with Crippen molar-refractivity contribution in [2.75, 3.05) is 0 Å². The summed E-state index contributed by atoms with van der Waals surface area (Å²) in [6, 6.07) is 5.41. The van der Waals surface area contributed by atoms with Crippen molar-refractivity contribution >= 4 is 40.1 Å². The Balaban J connectivity index is 1.98. The van der Waals surface area contributed by atoms with E-state index in [0.29, 0.717) is 21.7 Å². The predicted octanol–water partition coefficient (Wildman–Crippen LogP) is 5.99. The largest absolute Gasteiger partial charge is 0.287 e. The van der Waals surface area contributed by atoms with E-state index in [1.165, 1.54) is 17.3 Å². The van der Waals surface area contributed by atoms with Gasteiger partial charge in [-0.15, -0.1) is 0 Å². The Kier molecular flexibility index (Phi) is 5.12. The number of carbonyl (C=O) groups excluding carboxylic acids is 1. The van der Waals surface area contributed by atoms with E-state index in [1.54, 1.807) is 12.1 Å². The van der Waals surface area contributed by atoms with Crippen molar-refractivity contribution in [2.24, 2.45) is 17.3 Å². The van der Waals surface area contributed by atoms with Gasteiger partial charge in [-0.05, 0) is 42.9 Å². The van der Waals surface area contributed by atoms with Gasteiger partial charge in [0.15, 0.2) is 5.12 Å². The lowest BCUT2D eigenvalue weighted by atomic mass is 10.1. The molecule has 4 heteroatoms. The molecule has 1 aliphatic carbocycles. The van der Waals surface area contributed by atoms with E-state index in [2.05, 4.69) is 33.8 Å². The molecule has 1 aliphatic rings. The lowest BCUT2D eigenvalue weighted by Crippen LogP contribution is -2.01. The molecule has 0 heterocycles. The number of rotatable bonds is 4. The third-order valence-electron chi connectivity index (χ3n) is 4.06. The van der Waals surface area contributed by atoms with Gasteiger partial charge in [0.1, 0.15) is 0 Å². The van der Waals surface area contributed by atoms with E-state index in [0.717, 1.165) is 5.56 Å². The molecule has 0 aliphatic heterocycles. The van der Waals surface area contributed by atoms with Gasteiger partial charge in [-0.3, -0.25) is 4.79 Å². The summed E-state index contributed by atoms with van der Waals surface area (Å²) in [6.07, 6.45) is 2.22.